The van der Waals surface area contributed by atoms with Gasteiger partial charge in [0.05, 0.1) is 6.61 Å². The van der Waals surface area contributed by atoms with Crippen LogP contribution in [-0.4, -0.2) is 29.6 Å². The van der Waals surface area contributed by atoms with E-state index >= 15 is 0 Å². The lowest BCUT2D eigenvalue weighted by Crippen LogP contribution is -2.44. The van der Waals surface area contributed by atoms with Crippen LogP contribution >= 0.6 is 0 Å². The third-order valence-corrected chi connectivity index (χ3v) is 2.82. The summed E-state index contributed by atoms with van der Waals surface area (Å²) in [6.07, 6.45) is -7.09. The molecular formula is C14H15F3O4. The Kier molecular flexibility index (Phi) is 5.48. The highest BCUT2D eigenvalue weighted by Gasteiger charge is 2.55. The van der Waals surface area contributed by atoms with Gasteiger partial charge in [0.1, 0.15) is 12.2 Å². The first-order valence-corrected chi connectivity index (χ1v) is 6.22. The summed E-state index contributed by atoms with van der Waals surface area (Å²) < 4.78 is 43.8. The van der Waals surface area contributed by atoms with E-state index in [1.807, 2.05) is 0 Å². The fraction of sp³-hybridized carbons (Fsp3) is 0.429. The third kappa shape index (κ3) is 4.29. The Hall–Kier alpha value is -1.89. The minimum Gasteiger partial charge on any atom is -0.466 e. The molecule has 116 valence electrons. The summed E-state index contributed by atoms with van der Waals surface area (Å²) in [6, 6.07) is 6.28. The SMILES string of the molecule is CCOC(=O)CC(=O)CC(O)(c1ccccc1)C(F)(F)F. The number of hydrogen-bond acceptors (Lipinski definition) is 4. The van der Waals surface area contributed by atoms with Crippen molar-refractivity contribution in [2.75, 3.05) is 6.61 Å². The Balaban J connectivity index is 2.96. The number of ether oxygens (including phenoxy) is 1. The number of Topliss-reactive ketones (excluding diaryl/α,β-unsaturated/α-hetero) is 1. The minimum atomic E-state index is -5.04. The number of benzene rings is 1. The normalized spacial score (nSPS) is 14.3. The Morgan fingerprint density at radius 1 is 1.19 bits per heavy atom. The molecule has 0 aliphatic heterocycles. The van der Waals surface area contributed by atoms with Crippen molar-refractivity contribution in [3.8, 4) is 0 Å². The van der Waals surface area contributed by atoms with Crippen LogP contribution in [0, 0.1) is 0 Å². The number of aliphatic hydroxyl groups is 1. The Labute approximate surface area is 119 Å². The standard InChI is InChI=1S/C14H15F3O4/c1-2-21-12(19)8-11(18)9-13(20,14(15,16)17)10-6-4-3-5-7-10/h3-7,20H,2,8-9H2,1H3. The van der Waals surface area contributed by atoms with Gasteiger partial charge in [-0.3, -0.25) is 9.59 Å². The zero-order valence-corrected chi connectivity index (χ0v) is 11.3. The first-order valence-electron chi connectivity index (χ1n) is 6.22. The Morgan fingerprint density at radius 2 is 1.76 bits per heavy atom. The molecule has 0 aliphatic carbocycles. The average Bonchev–Trinajstić information content (AvgIpc) is 2.38. The van der Waals surface area contributed by atoms with Gasteiger partial charge in [-0.1, -0.05) is 30.3 Å². The van der Waals surface area contributed by atoms with Crippen molar-refractivity contribution < 1.29 is 32.6 Å². The molecule has 0 aromatic heterocycles. The molecule has 1 unspecified atom stereocenters. The average molecular weight is 304 g/mol. The summed E-state index contributed by atoms with van der Waals surface area (Å²) in [5.41, 5.74) is -3.77. The molecule has 1 atom stereocenters. The van der Waals surface area contributed by atoms with Crippen LogP contribution in [0.25, 0.3) is 0 Å². The van der Waals surface area contributed by atoms with Crippen molar-refractivity contribution in [2.45, 2.75) is 31.5 Å². The molecule has 0 bridgehead atoms. The second-order valence-electron chi connectivity index (χ2n) is 4.42. The molecule has 0 spiro atoms. The van der Waals surface area contributed by atoms with Gasteiger partial charge in [0.25, 0.3) is 0 Å². The van der Waals surface area contributed by atoms with E-state index in [4.69, 9.17) is 0 Å². The molecule has 0 saturated carbocycles. The van der Waals surface area contributed by atoms with Crippen LogP contribution in [0.5, 0.6) is 0 Å². The molecule has 0 fully saturated rings. The lowest BCUT2D eigenvalue weighted by molar-refractivity contribution is -0.267. The molecule has 1 rings (SSSR count). The first kappa shape index (κ1) is 17.2. The van der Waals surface area contributed by atoms with Gasteiger partial charge < -0.3 is 9.84 Å². The molecule has 1 aromatic rings. The largest absolute Gasteiger partial charge is 0.466 e. The van der Waals surface area contributed by atoms with E-state index < -0.39 is 41.9 Å². The van der Waals surface area contributed by atoms with Crippen molar-refractivity contribution in [1.29, 1.82) is 0 Å². The number of alkyl halides is 3. The number of hydrogen-bond donors (Lipinski definition) is 1. The maximum absolute atomic E-state index is 13.1. The van der Waals surface area contributed by atoms with Gasteiger partial charge in [-0.2, -0.15) is 13.2 Å². The molecule has 0 radical (unpaired) electrons. The molecule has 0 amide bonds. The molecule has 0 aliphatic rings. The van der Waals surface area contributed by atoms with Crippen LogP contribution < -0.4 is 0 Å². The number of halogens is 3. The topological polar surface area (TPSA) is 63.6 Å². The molecule has 1 N–H and O–H groups in total. The van der Waals surface area contributed by atoms with E-state index in [0.717, 1.165) is 12.1 Å². The summed E-state index contributed by atoms with van der Waals surface area (Å²) in [7, 11) is 0. The smallest absolute Gasteiger partial charge is 0.421 e. The van der Waals surface area contributed by atoms with E-state index in [-0.39, 0.29) is 6.61 Å². The minimum absolute atomic E-state index is 0.0222. The van der Waals surface area contributed by atoms with E-state index in [2.05, 4.69) is 4.74 Å². The highest BCUT2D eigenvalue weighted by molar-refractivity contribution is 5.96. The van der Waals surface area contributed by atoms with Gasteiger partial charge in [0.15, 0.2) is 5.60 Å². The van der Waals surface area contributed by atoms with E-state index in [1.54, 1.807) is 0 Å². The van der Waals surface area contributed by atoms with Crippen molar-refractivity contribution in [2.24, 2.45) is 0 Å². The zero-order valence-electron chi connectivity index (χ0n) is 11.3. The van der Waals surface area contributed by atoms with Crippen molar-refractivity contribution >= 4 is 11.8 Å². The predicted molar refractivity (Wildman–Crippen MR) is 67.3 cm³/mol. The summed E-state index contributed by atoms with van der Waals surface area (Å²) in [4.78, 5) is 22.7. The fourth-order valence-corrected chi connectivity index (χ4v) is 1.80. The maximum atomic E-state index is 13.1. The third-order valence-electron chi connectivity index (χ3n) is 2.82. The van der Waals surface area contributed by atoms with Gasteiger partial charge in [-0.05, 0) is 12.5 Å². The van der Waals surface area contributed by atoms with Crippen molar-refractivity contribution in [3.63, 3.8) is 0 Å². The van der Waals surface area contributed by atoms with Gasteiger partial charge >= 0.3 is 12.1 Å². The van der Waals surface area contributed by atoms with Crippen LogP contribution in [0.15, 0.2) is 30.3 Å². The summed E-state index contributed by atoms with van der Waals surface area (Å²) in [6.45, 7) is 1.53. The molecule has 1 aromatic carbocycles. The molecule has 0 heterocycles. The second kappa shape index (κ2) is 6.71. The highest BCUT2D eigenvalue weighted by Crippen LogP contribution is 2.41. The lowest BCUT2D eigenvalue weighted by atomic mass is 9.87. The Bertz CT molecular complexity index is 499. The summed E-state index contributed by atoms with van der Waals surface area (Å²) in [5, 5.41) is 9.93. The molecule has 7 heteroatoms. The van der Waals surface area contributed by atoms with E-state index in [1.165, 1.54) is 25.1 Å². The van der Waals surface area contributed by atoms with Gasteiger partial charge in [0, 0.05) is 6.42 Å². The summed E-state index contributed by atoms with van der Waals surface area (Å²) in [5.74, 6) is -1.96. The number of rotatable bonds is 6. The number of carbonyl (C=O) groups is 2. The second-order valence-corrected chi connectivity index (χ2v) is 4.42. The first-order chi connectivity index (χ1) is 9.70. The molecule has 0 saturated heterocycles. The molecule has 4 nitrogen and oxygen atoms in total. The number of ketones is 1. The van der Waals surface area contributed by atoms with Gasteiger partial charge in [-0.15, -0.1) is 0 Å². The van der Waals surface area contributed by atoms with Crippen LogP contribution in [0.2, 0.25) is 0 Å². The van der Waals surface area contributed by atoms with Crippen LogP contribution in [0.3, 0.4) is 0 Å². The number of carbonyl (C=O) groups excluding carboxylic acids is 2. The zero-order chi connectivity index (χ0) is 16.1. The molecular weight excluding hydrogens is 289 g/mol. The quantitative estimate of drug-likeness (QED) is 0.647. The van der Waals surface area contributed by atoms with Crippen molar-refractivity contribution in [3.05, 3.63) is 35.9 Å². The van der Waals surface area contributed by atoms with Crippen LogP contribution in [-0.2, 0) is 19.9 Å². The highest BCUT2D eigenvalue weighted by atomic mass is 19.4. The fourth-order valence-electron chi connectivity index (χ4n) is 1.80. The Morgan fingerprint density at radius 3 is 2.24 bits per heavy atom. The maximum Gasteiger partial charge on any atom is 0.421 e. The number of esters is 1. The van der Waals surface area contributed by atoms with Crippen LogP contribution in [0.4, 0.5) is 13.2 Å². The van der Waals surface area contributed by atoms with Gasteiger partial charge in [0.2, 0.25) is 0 Å². The van der Waals surface area contributed by atoms with Crippen LogP contribution in [0.1, 0.15) is 25.3 Å². The van der Waals surface area contributed by atoms with Gasteiger partial charge in [-0.25, -0.2) is 0 Å². The monoisotopic (exact) mass is 304 g/mol. The summed E-state index contributed by atoms with van der Waals surface area (Å²) >= 11 is 0. The molecule has 21 heavy (non-hydrogen) atoms. The van der Waals surface area contributed by atoms with E-state index in [0.29, 0.717) is 0 Å². The van der Waals surface area contributed by atoms with E-state index in [9.17, 15) is 27.9 Å². The lowest BCUT2D eigenvalue weighted by Gasteiger charge is -2.30. The predicted octanol–water partition coefficient (Wildman–Crippen LogP) is 2.35. The van der Waals surface area contributed by atoms with Crippen molar-refractivity contribution in [1.82, 2.24) is 0 Å².